The van der Waals surface area contributed by atoms with Gasteiger partial charge in [-0.3, -0.25) is 4.90 Å². The van der Waals surface area contributed by atoms with E-state index >= 15 is 0 Å². The number of aromatic carboxylic acids is 1. The largest absolute Gasteiger partial charge is 0.492 e. The molecule has 0 saturated carbocycles. The maximum absolute atomic E-state index is 10.8. The third-order valence-corrected chi connectivity index (χ3v) is 3.44. The van der Waals surface area contributed by atoms with E-state index in [9.17, 15) is 9.90 Å². The van der Waals surface area contributed by atoms with E-state index in [2.05, 4.69) is 4.90 Å². The van der Waals surface area contributed by atoms with E-state index in [0.717, 1.165) is 25.9 Å². The number of carbonyl (C=O) groups is 1. The molecule has 0 bridgehead atoms. The van der Waals surface area contributed by atoms with Crippen LogP contribution >= 0.6 is 0 Å². The second-order valence-corrected chi connectivity index (χ2v) is 4.70. The number of likely N-dealkylation sites (tertiary alicyclic amines) is 1. The molecule has 19 heavy (non-hydrogen) atoms. The van der Waals surface area contributed by atoms with Crippen molar-refractivity contribution < 1.29 is 19.7 Å². The average Bonchev–Trinajstić information content (AvgIpc) is 2.86. The zero-order valence-corrected chi connectivity index (χ0v) is 10.8. The molecular formula is C14H19NO4. The summed E-state index contributed by atoms with van der Waals surface area (Å²) >= 11 is 0. The van der Waals surface area contributed by atoms with Crippen LogP contribution in [0.2, 0.25) is 0 Å². The first kappa shape index (κ1) is 13.8. The number of carboxylic acids is 1. The normalized spacial score (nSPS) is 19.5. The molecule has 1 heterocycles. The Morgan fingerprint density at radius 2 is 2.32 bits per heavy atom. The summed E-state index contributed by atoms with van der Waals surface area (Å²) in [5.74, 6) is -0.384. The molecule has 1 aromatic rings. The minimum absolute atomic E-state index is 0.189. The molecule has 0 aromatic heterocycles. The van der Waals surface area contributed by atoms with E-state index in [1.165, 1.54) is 12.1 Å². The van der Waals surface area contributed by atoms with E-state index in [1.807, 2.05) is 0 Å². The van der Waals surface area contributed by atoms with Crippen LogP contribution in [0.15, 0.2) is 24.3 Å². The third kappa shape index (κ3) is 3.68. The molecular weight excluding hydrogens is 246 g/mol. The predicted octanol–water partition coefficient (Wildman–Crippen LogP) is 1.22. The van der Waals surface area contributed by atoms with Crippen LogP contribution in [0, 0.1) is 0 Å². The molecule has 1 atom stereocenters. The van der Waals surface area contributed by atoms with Gasteiger partial charge in [0.1, 0.15) is 12.4 Å². The third-order valence-electron chi connectivity index (χ3n) is 3.44. The number of ether oxygens (including phenoxy) is 1. The lowest BCUT2D eigenvalue weighted by molar-refractivity contribution is 0.0696. The highest BCUT2D eigenvalue weighted by Gasteiger charge is 2.23. The van der Waals surface area contributed by atoms with Crippen LogP contribution in [-0.2, 0) is 0 Å². The van der Waals surface area contributed by atoms with Gasteiger partial charge >= 0.3 is 5.97 Å². The number of nitrogens with zero attached hydrogens (tertiary/aromatic N) is 1. The number of hydrogen-bond acceptors (Lipinski definition) is 4. The molecule has 5 nitrogen and oxygen atoms in total. The summed E-state index contributed by atoms with van der Waals surface area (Å²) in [5.41, 5.74) is 0.229. The highest BCUT2D eigenvalue weighted by atomic mass is 16.5. The SMILES string of the molecule is O=C(O)c1cccc(OCCN2CCCC2CO)c1. The molecule has 1 unspecified atom stereocenters. The van der Waals surface area contributed by atoms with Gasteiger partial charge in [0.15, 0.2) is 0 Å². The molecule has 5 heteroatoms. The Kier molecular flexibility index (Phi) is 4.76. The molecule has 104 valence electrons. The first-order chi connectivity index (χ1) is 9.20. The van der Waals surface area contributed by atoms with Gasteiger partial charge < -0.3 is 14.9 Å². The fourth-order valence-electron chi connectivity index (χ4n) is 2.40. The van der Waals surface area contributed by atoms with E-state index in [1.54, 1.807) is 12.1 Å². The lowest BCUT2D eigenvalue weighted by atomic mass is 10.2. The summed E-state index contributed by atoms with van der Waals surface area (Å²) in [6, 6.07) is 6.73. The number of hydrogen-bond donors (Lipinski definition) is 2. The Labute approximate surface area is 112 Å². The summed E-state index contributed by atoms with van der Waals surface area (Å²) in [4.78, 5) is 13.0. The number of aliphatic hydroxyl groups excluding tert-OH is 1. The molecule has 0 spiro atoms. The minimum Gasteiger partial charge on any atom is -0.492 e. The van der Waals surface area contributed by atoms with Crippen molar-refractivity contribution in [1.29, 1.82) is 0 Å². The summed E-state index contributed by atoms with van der Waals surface area (Å²) in [6.07, 6.45) is 2.14. The van der Waals surface area contributed by atoms with Gasteiger partial charge in [-0.1, -0.05) is 6.07 Å². The van der Waals surface area contributed by atoms with E-state index < -0.39 is 5.97 Å². The molecule has 0 radical (unpaired) electrons. The Bertz CT molecular complexity index is 435. The second-order valence-electron chi connectivity index (χ2n) is 4.70. The van der Waals surface area contributed by atoms with Gasteiger partial charge in [0.2, 0.25) is 0 Å². The lowest BCUT2D eigenvalue weighted by Crippen LogP contribution is -2.35. The van der Waals surface area contributed by atoms with Crippen molar-refractivity contribution in [1.82, 2.24) is 4.90 Å². The Balaban J connectivity index is 1.82. The van der Waals surface area contributed by atoms with Gasteiger partial charge in [-0.05, 0) is 37.6 Å². The number of carboxylic acid groups (broad SMARTS) is 1. The molecule has 2 N–H and O–H groups in total. The van der Waals surface area contributed by atoms with Crippen molar-refractivity contribution in [3.05, 3.63) is 29.8 Å². The smallest absolute Gasteiger partial charge is 0.335 e. The number of benzene rings is 1. The Hall–Kier alpha value is -1.59. The first-order valence-electron chi connectivity index (χ1n) is 6.52. The van der Waals surface area contributed by atoms with Gasteiger partial charge in [0, 0.05) is 12.6 Å². The van der Waals surface area contributed by atoms with Gasteiger partial charge in [0.05, 0.1) is 12.2 Å². The average molecular weight is 265 g/mol. The molecule has 1 saturated heterocycles. The minimum atomic E-state index is -0.953. The summed E-state index contributed by atoms with van der Waals surface area (Å²) in [6.45, 7) is 2.43. The zero-order valence-electron chi connectivity index (χ0n) is 10.8. The fraction of sp³-hybridized carbons (Fsp3) is 0.500. The molecule has 1 aliphatic rings. The van der Waals surface area contributed by atoms with E-state index in [-0.39, 0.29) is 18.2 Å². The topological polar surface area (TPSA) is 70.0 Å². The van der Waals surface area contributed by atoms with E-state index in [4.69, 9.17) is 9.84 Å². The van der Waals surface area contributed by atoms with Crippen LogP contribution in [0.1, 0.15) is 23.2 Å². The standard InChI is InChI=1S/C14H19NO4/c16-10-12-4-2-6-15(12)7-8-19-13-5-1-3-11(9-13)14(17)18/h1,3,5,9,12,16H,2,4,6-8,10H2,(H,17,18). The van der Waals surface area contributed by atoms with Crippen LogP contribution in [0.25, 0.3) is 0 Å². The van der Waals surface area contributed by atoms with Crippen molar-refractivity contribution in [2.24, 2.45) is 0 Å². The molecule has 0 aliphatic carbocycles. The number of aliphatic hydroxyl groups is 1. The maximum Gasteiger partial charge on any atom is 0.335 e. The summed E-state index contributed by atoms with van der Waals surface area (Å²) < 4.78 is 5.56. The van der Waals surface area contributed by atoms with Crippen molar-refractivity contribution in [3.8, 4) is 5.75 Å². The van der Waals surface area contributed by atoms with Crippen LogP contribution in [-0.4, -0.2) is 53.4 Å². The summed E-state index contributed by atoms with van der Waals surface area (Å²) in [5, 5.41) is 18.1. The van der Waals surface area contributed by atoms with Crippen LogP contribution < -0.4 is 4.74 Å². The van der Waals surface area contributed by atoms with Crippen molar-refractivity contribution in [3.63, 3.8) is 0 Å². The quantitative estimate of drug-likeness (QED) is 0.809. The Morgan fingerprint density at radius 1 is 1.47 bits per heavy atom. The van der Waals surface area contributed by atoms with Crippen LogP contribution in [0.3, 0.4) is 0 Å². The van der Waals surface area contributed by atoms with Gasteiger partial charge in [0.25, 0.3) is 0 Å². The first-order valence-corrected chi connectivity index (χ1v) is 6.52. The van der Waals surface area contributed by atoms with Crippen LogP contribution in [0.5, 0.6) is 5.75 Å². The van der Waals surface area contributed by atoms with Crippen molar-refractivity contribution in [2.75, 3.05) is 26.3 Å². The molecule has 1 aliphatic heterocycles. The highest BCUT2D eigenvalue weighted by Crippen LogP contribution is 2.17. The second kappa shape index (κ2) is 6.54. The fourth-order valence-corrected chi connectivity index (χ4v) is 2.40. The number of rotatable bonds is 6. The zero-order chi connectivity index (χ0) is 13.7. The van der Waals surface area contributed by atoms with Gasteiger partial charge in [-0.15, -0.1) is 0 Å². The maximum atomic E-state index is 10.8. The monoisotopic (exact) mass is 265 g/mol. The Morgan fingerprint density at radius 3 is 3.05 bits per heavy atom. The molecule has 1 aromatic carbocycles. The van der Waals surface area contributed by atoms with E-state index in [0.29, 0.717) is 12.4 Å². The van der Waals surface area contributed by atoms with Gasteiger partial charge in [-0.2, -0.15) is 0 Å². The van der Waals surface area contributed by atoms with Gasteiger partial charge in [-0.25, -0.2) is 4.79 Å². The van der Waals surface area contributed by atoms with Crippen molar-refractivity contribution >= 4 is 5.97 Å². The highest BCUT2D eigenvalue weighted by molar-refractivity contribution is 5.87. The summed E-state index contributed by atoms with van der Waals surface area (Å²) in [7, 11) is 0. The van der Waals surface area contributed by atoms with Crippen molar-refractivity contribution in [2.45, 2.75) is 18.9 Å². The molecule has 0 amide bonds. The van der Waals surface area contributed by atoms with Crippen LogP contribution in [0.4, 0.5) is 0 Å². The predicted molar refractivity (Wildman–Crippen MR) is 70.6 cm³/mol. The lowest BCUT2D eigenvalue weighted by Gasteiger charge is -2.22. The molecule has 2 rings (SSSR count). The molecule has 1 fully saturated rings.